The third-order valence-corrected chi connectivity index (χ3v) is 2.25. The van der Waals surface area contributed by atoms with E-state index in [0.29, 0.717) is 6.42 Å². The maximum absolute atomic E-state index is 11.5. The molecule has 0 aliphatic carbocycles. The Morgan fingerprint density at radius 1 is 1.39 bits per heavy atom. The Morgan fingerprint density at radius 3 is 2.61 bits per heavy atom. The van der Waals surface area contributed by atoms with E-state index in [4.69, 9.17) is 9.47 Å². The summed E-state index contributed by atoms with van der Waals surface area (Å²) >= 11 is 0. The van der Waals surface area contributed by atoms with Crippen LogP contribution in [0, 0.1) is 10.1 Å². The molecule has 1 atom stereocenters. The predicted molar refractivity (Wildman–Crippen MR) is 64.4 cm³/mol. The number of carbonyl (C=O) groups excluding carboxylic acids is 1. The summed E-state index contributed by atoms with van der Waals surface area (Å²) < 4.78 is 10.2. The Balaban J connectivity index is 2.88. The van der Waals surface area contributed by atoms with Gasteiger partial charge in [-0.2, -0.15) is 0 Å². The molecule has 1 unspecified atom stereocenters. The molecule has 0 aliphatic heterocycles. The van der Waals surface area contributed by atoms with E-state index in [9.17, 15) is 14.9 Å². The largest absolute Gasteiger partial charge is 0.472 e. The molecule has 1 aromatic carbocycles. The van der Waals surface area contributed by atoms with Crippen molar-refractivity contribution in [1.29, 1.82) is 0 Å². The highest BCUT2D eigenvalue weighted by Crippen LogP contribution is 2.27. The molecule has 0 saturated carbocycles. The van der Waals surface area contributed by atoms with Gasteiger partial charge in [0.1, 0.15) is 0 Å². The van der Waals surface area contributed by atoms with Gasteiger partial charge in [0.2, 0.25) is 0 Å². The molecule has 0 N–H and O–H groups in total. The van der Waals surface area contributed by atoms with Crippen LogP contribution in [0.2, 0.25) is 0 Å². The van der Waals surface area contributed by atoms with Gasteiger partial charge >= 0.3 is 11.7 Å². The van der Waals surface area contributed by atoms with Crippen LogP contribution in [0.25, 0.3) is 0 Å². The lowest BCUT2D eigenvalue weighted by atomic mass is 10.2. The monoisotopic (exact) mass is 253 g/mol. The number of nitrogens with zero attached hydrogens (tertiary/aromatic N) is 1. The Labute approximate surface area is 105 Å². The number of ether oxygens (including phenoxy) is 2. The van der Waals surface area contributed by atoms with Crippen LogP contribution in [-0.4, -0.2) is 23.6 Å². The number of nitro groups is 1. The van der Waals surface area contributed by atoms with Gasteiger partial charge in [-0.25, -0.2) is 4.79 Å². The molecule has 6 nitrogen and oxygen atoms in total. The van der Waals surface area contributed by atoms with Gasteiger partial charge in [-0.3, -0.25) is 10.1 Å². The van der Waals surface area contributed by atoms with E-state index in [2.05, 4.69) is 0 Å². The Hall–Kier alpha value is -2.11. The minimum Gasteiger partial charge on any atom is -0.472 e. The number of carbonyl (C=O) groups is 1. The maximum atomic E-state index is 11.5. The average molecular weight is 253 g/mol. The summed E-state index contributed by atoms with van der Waals surface area (Å²) in [4.78, 5) is 21.8. The zero-order valence-corrected chi connectivity index (χ0v) is 10.3. The summed E-state index contributed by atoms with van der Waals surface area (Å²) in [6.45, 7) is 3.68. The first kappa shape index (κ1) is 14.0. The normalized spacial score (nSPS) is 11.7. The molecular weight excluding hydrogens is 238 g/mol. The van der Waals surface area contributed by atoms with Crippen molar-refractivity contribution in [1.82, 2.24) is 0 Å². The van der Waals surface area contributed by atoms with E-state index in [0.717, 1.165) is 0 Å². The molecule has 0 heterocycles. The number of esters is 1. The third-order valence-electron chi connectivity index (χ3n) is 2.25. The van der Waals surface area contributed by atoms with Crippen molar-refractivity contribution in [2.45, 2.75) is 26.4 Å². The Bertz CT molecular complexity index is 432. The summed E-state index contributed by atoms with van der Waals surface area (Å²) in [5.41, 5.74) is -0.166. The molecular formula is C12H15NO5. The van der Waals surface area contributed by atoms with Crippen LogP contribution in [0.5, 0.6) is 5.75 Å². The molecule has 6 heteroatoms. The number of hydrogen-bond acceptors (Lipinski definition) is 5. The van der Waals surface area contributed by atoms with Crippen LogP contribution < -0.4 is 4.74 Å². The number of nitro benzene ring substituents is 1. The van der Waals surface area contributed by atoms with E-state index in [1.807, 2.05) is 0 Å². The highest BCUT2D eigenvalue weighted by atomic mass is 16.6. The quantitative estimate of drug-likeness (QED) is 0.441. The van der Waals surface area contributed by atoms with Gasteiger partial charge in [-0.15, -0.1) is 0 Å². The van der Waals surface area contributed by atoms with E-state index >= 15 is 0 Å². The SMILES string of the molecule is CCOC(=O)C(CC)Oc1ccccc1[N+](=O)[O-]. The molecule has 0 bridgehead atoms. The second-order valence-electron chi connectivity index (χ2n) is 3.49. The van der Waals surface area contributed by atoms with Crippen LogP contribution in [0.15, 0.2) is 24.3 Å². The minimum absolute atomic E-state index is 0.0717. The fourth-order valence-corrected chi connectivity index (χ4v) is 1.39. The van der Waals surface area contributed by atoms with Crippen LogP contribution in [-0.2, 0) is 9.53 Å². The molecule has 0 spiro atoms. The molecule has 18 heavy (non-hydrogen) atoms. The number of hydrogen-bond donors (Lipinski definition) is 0. The summed E-state index contributed by atoms with van der Waals surface area (Å²) in [5.74, 6) is -0.444. The van der Waals surface area contributed by atoms with Crippen molar-refractivity contribution >= 4 is 11.7 Å². The van der Waals surface area contributed by atoms with Gasteiger partial charge in [-0.1, -0.05) is 19.1 Å². The minimum atomic E-state index is -0.828. The van der Waals surface area contributed by atoms with Crippen molar-refractivity contribution in [3.05, 3.63) is 34.4 Å². The second-order valence-corrected chi connectivity index (χ2v) is 3.49. The molecule has 0 saturated heterocycles. The zero-order chi connectivity index (χ0) is 13.5. The molecule has 0 fully saturated rings. The average Bonchev–Trinajstić information content (AvgIpc) is 2.36. The number of benzene rings is 1. The van der Waals surface area contributed by atoms with Gasteiger partial charge in [0.15, 0.2) is 11.9 Å². The van der Waals surface area contributed by atoms with Gasteiger partial charge in [-0.05, 0) is 19.4 Å². The van der Waals surface area contributed by atoms with E-state index in [1.54, 1.807) is 19.9 Å². The first-order chi connectivity index (χ1) is 8.60. The summed E-state index contributed by atoms with van der Waals surface area (Å²) in [7, 11) is 0. The summed E-state index contributed by atoms with van der Waals surface area (Å²) in [5, 5.41) is 10.8. The highest BCUT2D eigenvalue weighted by molar-refractivity contribution is 5.75. The van der Waals surface area contributed by atoms with Gasteiger partial charge in [0.25, 0.3) is 0 Å². The van der Waals surface area contributed by atoms with Crippen molar-refractivity contribution < 1.29 is 19.2 Å². The first-order valence-corrected chi connectivity index (χ1v) is 5.66. The maximum Gasteiger partial charge on any atom is 0.347 e. The van der Waals surface area contributed by atoms with Crippen molar-refractivity contribution in [3.8, 4) is 5.75 Å². The molecule has 0 amide bonds. The summed E-state index contributed by atoms with van der Waals surface area (Å²) in [6.07, 6.45) is -0.448. The lowest BCUT2D eigenvalue weighted by Crippen LogP contribution is -2.28. The highest BCUT2D eigenvalue weighted by Gasteiger charge is 2.23. The number of rotatable bonds is 6. The van der Waals surface area contributed by atoms with E-state index in [1.165, 1.54) is 18.2 Å². The fraction of sp³-hybridized carbons (Fsp3) is 0.417. The van der Waals surface area contributed by atoms with E-state index in [-0.39, 0.29) is 18.0 Å². The van der Waals surface area contributed by atoms with Crippen LogP contribution in [0.4, 0.5) is 5.69 Å². The lowest BCUT2D eigenvalue weighted by molar-refractivity contribution is -0.386. The molecule has 98 valence electrons. The standard InChI is InChI=1S/C12H15NO5/c1-3-10(12(14)17-4-2)18-11-8-6-5-7-9(11)13(15)16/h5-8,10H,3-4H2,1-2H3. The molecule has 0 aliphatic rings. The summed E-state index contributed by atoms with van der Waals surface area (Å²) in [6, 6.07) is 5.93. The van der Waals surface area contributed by atoms with Crippen molar-refractivity contribution in [3.63, 3.8) is 0 Å². The molecule has 0 radical (unpaired) electrons. The zero-order valence-electron chi connectivity index (χ0n) is 10.3. The topological polar surface area (TPSA) is 78.7 Å². The Kier molecular flexibility index (Phi) is 5.10. The van der Waals surface area contributed by atoms with Crippen LogP contribution in [0.3, 0.4) is 0 Å². The third kappa shape index (κ3) is 3.44. The Morgan fingerprint density at radius 2 is 2.06 bits per heavy atom. The van der Waals surface area contributed by atoms with Crippen molar-refractivity contribution in [2.24, 2.45) is 0 Å². The van der Waals surface area contributed by atoms with Gasteiger partial charge in [0.05, 0.1) is 11.5 Å². The molecule has 0 aromatic heterocycles. The van der Waals surface area contributed by atoms with Gasteiger partial charge < -0.3 is 9.47 Å². The van der Waals surface area contributed by atoms with Crippen LogP contribution >= 0.6 is 0 Å². The fourth-order valence-electron chi connectivity index (χ4n) is 1.39. The predicted octanol–water partition coefficient (Wildman–Crippen LogP) is 2.32. The van der Waals surface area contributed by atoms with Crippen LogP contribution in [0.1, 0.15) is 20.3 Å². The first-order valence-electron chi connectivity index (χ1n) is 5.66. The van der Waals surface area contributed by atoms with E-state index < -0.39 is 17.0 Å². The van der Waals surface area contributed by atoms with Crippen molar-refractivity contribution in [2.75, 3.05) is 6.61 Å². The lowest BCUT2D eigenvalue weighted by Gasteiger charge is -2.15. The molecule has 1 aromatic rings. The molecule has 1 rings (SSSR count). The van der Waals surface area contributed by atoms with Gasteiger partial charge in [0, 0.05) is 6.07 Å². The smallest absolute Gasteiger partial charge is 0.347 e. The second kappa shape index (κ2) is 6.58. The number of para-hydroxylation sites is 2.